The van der Waals surface area contributed by atoms with Crippen LogP contribution >= 0.6 is 0 Å². The number of nitrogens with one attached hydrogen (secondary N) is 17. The fourth-order valence-corrected chi connectivity index (χ4v) is 12.0. The molecule has 712 valence electrons. The van der Waals surface area contributed by atoms with E-state index in [4.69, 9.17) is 51.6 Å². The number of hydrogen-bond donors (Lipinski definition) is 28. The van der Waals surface area contributed by atoms with Gasteiger partial charge < -0.3 is 152 Å². The van der Waals surface area contributed by atoms with Crippen molar-refractivity contribution in [2.45, 2.75) is 229 Å². The van der Waals surface area contributed by atoms with Crippen LogP contribution in [0, 0.1) is 5.92 Å². The second kappa shape index (κ2) is 60.4. The van der Waals surface area contributed by atoms with E-state index in [0.29, 0.717) is 24.9 Å². The SMILES string of the molecule is CC(C)C[C@H](NC(=O)[C@H](CCCCN)NC(=O)[C@H](CCCN=C(N)N)NC(=O)[C@H](C)NC(=O)[C@H](CO)NC(=O)[C@H](CCCCN)NC(=O)[C@H](CCCN=C(N)N)NC(=O)[C@H](C)NC(=O)CNC(=O)[C@@H](NC(=O)[C@H](Cc1ccccc1)NC(=O)CNC(=O)CNC(=O)CNCc1ccccc1)[C@@H](C)O)C(=O)N[C@@H](C)C(=O)N[C@@H](CC(N)=O)C(=O)N[C@@H](CCC(N)=O)C(N)=O. The Morgan fingerprint density at radius 3 is 1.16 bits per heavy atom. The molecule has 49 heteroatoms. The Balaban J connectivity index is 2.30. The second-order valence-corrected chi connectivity index (χ2v) is 30.5. The molecule has 0 radical (unpaired) electrons. The van der Waals surface area contributed by atoms with Gasteiger partial charge in [0.25, 0.3) is 0 Å². The van der Waals surface area contributed by atoms with Crippen molar-refractivity contribution in [3.63, 3.8) is 0 Å². The highest BCUT2D eigenvalue weighted by molar-refractivity contribution is 6.01. The van der Waals surface area contributed by atoms with E-state index in [1.54, 1.807) is 44.2 Å². The van der Waals surface area contributed by atoms with Gasteiger partial charge >= 0.3 is 0 Å². The summed E-state index contributed by atoms with van der Waals surface area (Å²) in [6, 6.07) is -2.53. The van der Waals surface area contributed by atoms with Crippen LogP contribution in [0.25, 0.3) is 0 Å². The van der Waals surface area contributed by atoms with Gasteiger partial charge in [0.15, 0.2) is 11.9 Å². The average molecular weight is 1810 g/mol. The van der Waals surface area contributed by atoms with E-state index < -0.39 is 230 Å². The average Bonchev–Trinajstić information content (AvgIpc) is 0.847. The molecule has 128 heavy (non-hydrogen) atoms. The van der Waals surface area contributed by atoms with Gasteiger partial charge in [-0.15, -0.1) is 0 Å². The molecule has 0 aliphatic heterocycles. The number of carbonyl (C=O) groups excluding carboxylic acids is 19. The van der Waals surface area contributed by atoms with Crippen LogP contribution in [-0.4, -0.2) is 278 Å². The quantitative estimate of drug-likeness (QED) is 0.0166. The summed E-state index contributed by atoms with van der Waals surface area (Å²) in [5, 5.41) is 62.9. The van der Waals surface area contributed by atoms with E-state index in [1.165, 1.54) is 20.8 Å². The third-order valence-corrected chi connectivity index (χ3v) is 18.9. The van der Waals surface area contributed by atoms with Crippen LogP contribution in [0.15, 0.2) is 70.6 Å². The predicted octanol–water partition coefficient (Wildman–Crippen LogP) is -11.9. The van der Waals surface area contributed by atoms with Crippen LogP contribution < -0.4 is 142 Å². The first-order valence-corrected chi connectivity index (χ1v) is 41.7. The van der Waals surface area contributed by atoms with Crippen LogP contribution in [-0.2, 0) is 104 Å². The molecule has 0 fully saturated rings. The highest BCUT2D eigenvalue weighted by Gasteiger charge is 2.37. The number of rotatable bonds is 63. The molecular weight excluding hydrogens is 1680 g/mol. The molecule has 37 N–H and O–H groups in total. The van der Waals surface area contributed by atoms with Gasteiger partial charge in [-0.3, -0.25) is 101 Å². The summed E-state index contributed by atoms with van der Waals surface area (Å²) >= 11 is 0. The number of nitrogens with zero attached hydrogens (tertiary/aromatic N) is 2. The fourth-order valence-electron chi connectivity index (χ4n) is 12.0. The lowest BCUT2D eigenvalue weighted by molar-refractivity contribution is -0.136. The van der Waals surface area contributed by atoms with Gasteiger partial charge in [0.05, 0.1) is 45.3 Å². The van der Waals surface area contributed by atoms with Crippen molar-refractivity contribution in [2.75, 3.05) is 59.0 Å². The lowest BCUT2D eigenvalue weighted by Gasteiger charge is -2.28. The monoisotopic (exact) mass is 1810 g/mol. The van der Waals surface area contributed by atoms with Gasteiger partial charge in [0, 0.05) is 32.5 Å². The molecule has 0 saturated carbocycles. The van der Waals surface area contributed by atoms with Crippen LogP contribution in [0.1, 0.15) is 143 Å². The third kappa shape index (κ3) is 46.1. The topological polar surface area (TPSA) is 828 Å². The molecular formula is C79H130N28O21. The molecule has 0 aliphatic carbocycles. The first-order valence-electron chi connectivity index (χ1n) is 41.7. The molecule has 0 heterocycles. The van der Waals surface area contributed by atoms with Crippen molar-refractivity contribution >= 4 is 124 Å². The zero-order valence-electron chi connectivity index (χ0n) is 72.9. The zero-order chi connectivity index (χ0) is 96.1. The number of nitrogens with two attached hydrogens (primary N) is 9. The Kier molecular flexibility index (Phi) is 52.2. The summed E-state index contributed by atoms with van der Waals surface area (Å²) in [7, 11) is 0. The van der Waals surface area contributed by atoms with Gasteiger partial charge in [0.2, 0.25) is 112 Å². The molecule has 14 atom stereocenters. The molecule has 2 rings (SSSR count). The zero-order valence-corrected chi connectivity index (χ0v) is 72.9. The summed E-state index contributed by atoms with van der Waals surface area (Å²) in [6.07, 6.45) is -2.86. The Hall–Kier alpha value is -13.3. The number of benzene rings is 2. The van der Waals surface area contributed by atoms with E-state index in [0.717, 1.165) is 12.5 Å². The maximum Gasteiger partial charge on any atom is 0.245 e. The van der Waals surface area contributed by atoms with E-state index in [2.05, 4.69) is 100 Å². The minimum absolute atomic E-state index is 0.0235. The molecule has 0 spiro atoms. The standard InChI is InChI=1S/C79H130N28O21/c1-42(2)33-54(73(124)96-45(5)68(119)104-56(35-59(83)111)74(125)99-49(65(84)116)27-28-58(82)110)105-71(122)50(23-13-15-29-80)102-70(121)53(26-18-32-91-79(87)88)101-67(118)44(4)97-76(127)57(41-108)106-72(123)51(24-14-16-30-81)103-69(120)52(25-17-31-90-78(85)86)100-66(117)43(3)95-62(114)40-94-77(128)64(46(6)109)107-75(126)55(34-47-19-9-7-10-20-47)98-63(115)39-93-61(113)38-92-60(112)37-89-36-48-21-11-8-12-22-48/h7-12,19-22,42-46,49-57,64,89,108-109H,13-18,23-41,80-81H2,1-6H3,(H2,82,110)(H2,83,111)(H2,84,116)(H,92,112)(H,93,113)(H,94,128)(H,95,114)(H,96,124)(H,97,127)(H,98,115)(H,99,125)(H,100,117)(H,101,118)(H,102,121)(H,103,120)(H,104,119)(H,105,122)(H,106,123)(H,107,126)(H4,85,86,90)(H4,87,88,91)/t43-,44-,45-,46+,49-,50-,51-,52-,53-,54-,55-,56-,57-,64-/m0/s1. The summed E-state index contributed by atoms with van der Waals surface area (Å²) < 4.78 is 0. The van der Waals surface area contributed by atoms with Gasteiger partial charge in [-0.2, -0.15) is 0 Å². The minimum Gasteiger partial charge on any atom is -0.394 e. The normalized spacial score (nSPS) is 14.2. The van der Waals surface area contributed by atoms with Gasteiger partial charge in [0.1, 0.15) is 78.5 Å². The number of aliphatic imine (C=N–C) groups is 2. The summed E-state index contributed by atoms with van der Waals surface area (Å²) in [5.41, 5.74) is 51.1. The lowest BCUT2D eigenvalue weighted by Crippen LogP contribution is -2.60. The number of primary amides is 3. The second-order valence-electron chi connectivity index (χ2n) is 30.5. The molecule has 0 unspecified atom stereocenters. The Morgan fingerprint density at radius 1 is 0.352 bits per heavy atom. The number of hydrogen-bond acceptors (Lipinski definition) is 26. The largest absolute Gasteiger partial charge is 0.394 e. The van der Waals surface area contributed by atoms with E-state index in [-0.39, 0.29) is 128 Å². The molecule has 0 saturated heterocycles. The van der Waals surface area contributed by atoms with Crippen molar-refractivity contribution in [2.24, 2.45) is 67.5 Å². The Morgan fingerprint density at radius 2 is 0.727 bits per heavy atom. The van der Waals surface area contributed by atoms with Crippen LogP contribution in [0.4, 0.5) is 0 Å². The van der Waals surface area contributed by atoms with Crippen LogP contribution in [0.3, 0.4) is 0 Å². The number of amides is 19. The molecule has 2 aromatic carbocycles. The van der Waals surface area contributed by atoms with E-state index in [9.17, 15) is 101 Å². The molecule has 0 aliphatic rings. The van der Waals surface area contributed by atoms with Gasteiger partial charge in [-0.1, -0.05) is 74.5 Å². The maximum absolute atomic E-state index is 14.4. The minimum atomic E-state index is -1.84. The lowest BCUT2D eigenvalue weighted by atomic mass is 10.0. The number of guanidine groups is 2. The summed E-state index contributed by atoms with van der Waals surface area (Å²) in [5.74, 6) is -19.2. The summed E-state index contributed by atoms with van der Waals surface area (Å²) in [6.45, 7) is 5.53. The summed E-state index contributed by atoms with van der Waals surface area (Å²) in [4.78, 5) is 262. The van der Waals surface area contributed by atoms with Gasteiger partial charge in [-0.05, 0) is 135 Å². The Bertz CT molecular complexity index is 4080. The Labute approximate surface area is 740 Å². The van der Waals surface area contributed by atoms with Crippen molar-refractivity contribution in [3.8, 4) is 0 Å². The van der Waals surface area contributed by atoms with E-state index in [1.807, 2.05) is 30.3 Å². The van der Waals surface area contributed by atoms with Crippen LogP contribution in [0.5, 0.6) is 0 Å². The number of aliphatic hydroxyl groups is 2. The van der Waals surface area contributed by atoms with Crippen LogP contribution in [0.2, 0.25) is 0 Å². The highest BCUT2D eigenvalue weighted by Crippen LogP contribution is 2.13. The van der Waals surface area contributed by atoms with Crippen molar-refractivity contribution < 1.29 is 101 Å². The first-order chi connectivity index (χ1) is 60.5. The maximum atomic E-state index is 14.4. The highest BCUT2D eigenvalue weighted by atomic mass is 16.3. The molecule has 2 aromatic rings. The number of carbonyl (C=O) groups is 19. The molecule has 19 amide bonds. The smallest absolute Gasteiger partial charge is 0.245 e. The van der Waals surface area contributed by atoms with Crippen molar-refractivity contribution in [3.05, 3.63) is 71.8 Å². The number of unbranched alkanes of at least 4 members (excludes halogenated alkanes) is 2. The predicted molar refractivity (Wildman–Crippen MR) is 465 cm³/mol. The third-order valence-electron chi connectivity index (χ3n) is 18.9. The molecule has 0 aromatic heterocycles. The van der Waals surface area contributed by atoms with E-state index >= 15 is 0 Å². The van der Waals surface area contributed by atoms with Crippen molar-refractivity contribution in [1.82, 2.24) is 90.4 Å². The fraction of sp³-hybridized carbons (Fsp3) is 0.582. The van der Waals surface area contributed by atoms with Crippen molar-refractivity contribution in [1.29, 1.82) is 0 Å². The molecule has 0 bridgehead atoms. The number of aliphatic hydroxyl groups excluding tert-OH is 2. The van der Waals surface area contributed by atoms with Gasteiger partial charge in [-0.25, -0.2) is 0 Å². The first kappa shape index (κ1) is 111. The molecule has 49 nitrogen and oxygen atoms in total.